The zero-order valence-corrected chi connectivity index (χ0v) is 20.8. The second-order valence-electron chi connectivity index (χ2n) is 8.37. The molecule has 4 aromatic rings. The largest absolute Gasteiger partial charge is 0.467 e. The van der Waals surface area contributed by atoms with Crippen molar-refractivity contribution in [1.82, 2.24) is 10.6 Å². The summed E-state index contributed by atoms with van der Waals surface area (Å²) in [6.45, 7) is 0.821. The lowest BCUT2D eigenvalue weighted by Gasteiger charge is -2.32. The second-order valence-corrected chi connectivity index (χ2v) is 8.37. The summed E-state index contributed by atoms with van der Waals surface area (Å²) in [4.78, 5) is 52.2. The van der Waals surface area contributed by atoms with Gasteiger partial charge in [0.2, 0.25) is 17.7 Å². The Balaban J connectivity index is 1.70. The minimum absolute atomic E-state index is 0.00384. The van der Waals surface area contributed by atoms with Crippen molar-refractivity contribution in [3.8, 4) is 0 Å². The van der Waals surface area contributed by atoms with Crippen LogP contribution in [-0.4, -0.2) is 30.2 Å². The maximum Gasteiger partial charge on any atom is 0.287 e. The fourth-order valence-electron chi connectivity index (χ4n) is 3.86. The van der Waals surface area contributed by atoms with E-state index in [0.717, 1.165) is 4.90 Å². The Morgan fingerprint density at radius 2 is 1.59 bits per heavy atom. The number of halogens is 1. The van der Waals surface area contributed by atoms with Crippen LogP contribution in [0.15, 0.2) is 94.2 Å². The van der Waals surface area contributed by atoms with Crippen molar-refractivity contribution in [3.05, 3.63) is 108 Å². The van der Waals surface area contributed by atoms with E-state index in [1.54, 1.807) is 18.2 Å². The van der Waals surface area contributed by atoms with Crippen molar-refractivity contribution in [2.45, 2.75) is 19.5 Å². The minimum atomic E-state index is -1.46. The Labute approximate surface area is 222 Å². The molecule has 2 heterocycles. The summed E-state index contributed by atoms with van der Waals surface area (Å²) in [5, 5.41) is 7.78. The molecule has 11 heteroatoms. The zero-order valence-electron chi connectivity index (χ0n) is 20.8. The highest BCUT2D eigenvalue weighted by Crippen LogP contribution is 2.30. The van der Waals surface area contributed by atoms with E-state index in [1.165, 1.54) is 74.0 Å². The first kappa shape index (κ1) is 26.9. The maximum atomic E-state index is 15.1. The minimum Gasteiger partial charge on any atom is -0.467 e. The van der Waals surface area contributed by atoms with Crippen molar-refractivity contribution in [3.63, 3.8) is 0 Å². The van der Waals surface area contributed by atoms with Gasteiger partial charge in [-0.15, -0.1) is 0 Å². The third kappa shape index (κ3) is 6.77. The van der Waals surface area contributed by atoms with Crippen LogP contribution >= 0.6 is 0 Å². The quantitative estimate of drug-likeness (QED) is 0.285. The van der Waals surface area contributed by atoms with Crippen LogP contribution in [0.2, 0.25) is 0 Å². The molecular formula is C28H25FN4O6. The molecule has 2 aromatic carbocycles. The average molecular weight is 533 g/mol. The predicted octanol–water partition coefficient (Wildman–Crippen LogP) is 3.79. The Bertz CT molecular complexity index is 1440. The van der Waals surface area contributed by atoms with Crippen molar-refractivity contribution in [2.75, 3.05) is 16.8 Å². The van der Waals surface area contributed by atoms with Gasteiger partial charge in [-0.2, -0.15) is 0 Å². The van der Waals surface area contributed by atoms with E-state index in [4.69, 9.17) is 8.83 Å². The summed E-state index contributed by atoms with van der Waals surface area (Å²) < 4.78 is 25.4. The normalized spacial score (nSPS) is 11.3. The summed E-state index contributed by atoms with van der Waals surface area (Å²) in [6, 6.07) is 16.5. The van der Waals surface area contributed by atoms with Crippen LogP contribution in [0.25, 0.3) is 0 Å². The lowest BCUT2D eigenvalue weighted by Crippen LogP contribution is -2.47. The SMILES string of the molecule is CC(=O)Nc1ccc(N(C(=O)CNC(=O)c2ccco2)[C@H](C(=O)NCc2ccco2)c2ccccc2F)cc1. The highest BCUT2D eigenvalue weighted by Gasteiger charge is 2.34. The van der Waals surface area contributed by atoms with E-state index in [1.807, 2.05) is 0 Å². The van der Waals surface area contributed by atoms with Crippen LogP contribution in [0.5, 0.6) is 0 Å². The molecule has 1 atom stereocenters. The third-order valence-corrected chi connectivity index (χ3v) is 5.60. The van der Waals surface area contributed by atoms with Gasteiger partial charge in [0.25, 0.3) is 5.91 Å². The van der Waals surface area contributed by atoms with E-state index < -0.39 is 36.1 Å². The van der Waals surface area contributed by atoms with E-state index in [2.05, 4.69) is 16.0 Å². The molecule has 4 rings (SSSR count). The topological polar surface area (TPSA) is 134 Å². The molecule has 200 valence electrons. The van der Waals surface area contributed by atoms with E-state index in [0.29, 0.717) is 11.4 Å². The van der Waals surface area contributed by atoms with E-state index in [-0.39, 0.29) is 29.5 Å². The van der Waals surface area contributed by atoms with Crippen molar-refractivity contribution in [1.29, 1.82) is 0 Å². The highest BCUT2D eigenvalue weighted by molar-refractivity contribution is 6.04. The number of nitrogens with one attached hydrogen (secondary N) is 3. The molecule has 0 aliphatic carbocycles. The lowest BCUT2D eigenvalue weighted by molar-refractivity contribution is -0.126. The summed E-state index contributed by atoms with van der Waals surface area (Å²) in [5.41, 5.74) is 0.614. The molecule has 0 unspecified atom stereocenters. The summed E-state index contributed by atoms with van der Waals surface area (Å²) >= 11 is 0. The number of carbonyl (C=O) groups is 4. The second kappa shape index (κ2) is 12.4. The Kier molecular flexibility index (Phi) is 8.52. The molecule has 4 amide bonds. The number of furan rings is 2. The number of hydrogen-bond donors (Lipinski definition) is 3. The number of amides is 4. The highest BCUT2D eigenvalue weighted by atomic mass is 19.1. The summed E-state index contributed by atoms with van der Waals surface area (Å²) in [5.74, 6) is -2.58. The molecule has 10 nitrogen and oxygen atoms in total. The summed E-state index contributed by atoms with van der Waals surface area (Å²) in [7, 11) is 0. The molecule has 0 bridgehead atoms. The van der Waals surface area contributed by atoms with Crippen LogP contribution in [0.4, 0.5) is 15.8 Å². The molecule has 0 saturated carbocycles. The maximum absolute atomic E-state index is 15.1. The third-order valence-electron chi connectivity index (χ3n) is 5.60. The average Bonchev–Trinajstić information content (AvgIpc) is 3.65. The molecule has 39 heavy (non-hydrogen) atoms. The van der Waals surface area contributed by atoms with Crippen LogP contribution in [-0.2, 0) is 20.9 Å². The number of anilines is 2. The van der Waals surface area contributed by atoms with Crippen LogP contribution in [0.1, 0.15) is 34.8 Å². The Morgan fingerprint density at radius 1 is 0.872 bits per heavy atom. The number of rotatable bonds is 10. The number of benzene rings is 2. The monoisotopic (exact) mass is 532 g/mol. The van der Waals surface area contributed by atoms with Gasteiger partial charge in [0.05, 0.1) is 25.6 Å². The molecule has 0 aliphatic rings. The zero-order chi connectivity index (χ0) is 27.8. The fourth-order valence-corrected chi connectivity index (χ4v) is 3.86. The molecule has 0 fully saturated rings. The lowest BCUT2D eigenvalue weighted by atomic mass is 10.0. The first-order valence-corrected chi connectivity index (χ1v) is 11.9. The number of nitrogens with zero attached hydrogens (tertiary/aromatic N) is 1. The number of carbonyl (C=O) groups excluding carboxylic acids is 4. The molecular weight excluding hydrogens is 507 g/mol. The van der Waals surface area contributed by atoms with Gasteiger partial charge in [-0.1, -0.05) is 18.2 Å². The number of hydrogen-bond acceptors (Lipinski definition) is 6. The molecule has 3 N–H and O–H groups in total. The molecule has 0 spiro atoms. The smallest absolute Gasteiger partial charge is 0.287 e. The van der Waals surface area contributed by atoms with Gasteiger partial charge in [-0.05, 0) is 54.6 Å². The standard InChI is InChI=1S/C28H25FN4O6/c1-18(34)32-19-10-12-20(13-11-19)33(25(35)17-31-27(36)24-9-5-15-39-24)26(22-7-2-3-8-23(22)29)28(37)30-16-21-6-4-14-38-21/h2-15,26H,16-17H2,1H3,(H,30,37)(H,31,36)(H,32,34)/t26-/m0/s1. The Hall–Kier alpha value is -5.19. The van der Waals surface area contributed by atoms with Crippen molar-refractivity contribution >= 4 is 35.0 Å². The molecule has 0 aliphatic heterocycles. The van der Waals surface area contributed by atoms with Gasteiger partial charge in [0, 0.05) is 23.9 Å². The van der Waals surface area contributed by atoms with Crippen molar-refractivity contribution in [2.24, 2.45) is 0 Å². The van der Waals surface area contributed by atoms with Gasteiger partial charge in [-0.3, -0.25) is 24.1 Å². The first-order chi connectivity index (χ1) is 18.8. The van der Waals surface area contributed by atoms with Gasteiger partial charge in [-0.25, -0.2) is 4.39 Å². The molecule has 2 aromatic heterocycles. The van der Waals surface area contributed by atoms with E-state index in [9.17, 15) is 19.2 Å². The van der Waals surface area contributed by atoms with Crippen molar-refractivity contribution < 1.29 is 32.4 Å². The van der Waals surface area contributed by atoms with Gasteiger partial charge >= 0.3 is 0 Å². The first-order valence-electron chi connectivity index (χ1n) is 11.9. The van der Waals surface area contributed by atoms with Crippen LogP contribution in [0, 0.1) is 5.82 Å². The summed E-state index contributed by atoms with van der Waals surface area (Å²) in [6.07, 6.45) is 2.77. The Morgan fingerprint density at radius 3 is 2.23 bits per heavy atom. The fraction of sp³-hybridized carbons (Fsp3) is 0.143. The molecule has 0 saturated heterocycles. The van der Waals surface area contributed by atoms with E-state index >= 15 is 4.39 Å². The van der Waals surface area contributed by atoms with Crippen LogP contribution < -0.4 is 20.9 Å². The van der Waals surface area contributed by atoms with Crippen LogP contribution in [0.3, 0.4) is 0 Å². The van der Waals surface area contributed by atoms with Gasteiger partial charge in [0.15, 0.2) is 5.76 Å². The van der Waals surface area contributed by atoms with Gasteiger partial charge < -0.3 is 24.8 Å². The molecule has 0 radical (unpaired) electrons. The predicted molar refractivity (Wildman–Crippen MR) is 139 cm³/mol. The van der Waals surface area contributed by atoms with Gasteiger partial charge in [0.1, 0.15) is 17.6 Å².